The van der Waals surface area contributed by atoms with Gasteiger partial charge in [-0.05, 0) is 86.7 Å². The third kappa shape index (κ3) is 5.76. The first kappa shape index (κ1) is 31.0. The predicted molar refractivity (Wildman–Crippen MR) is 179 cm³/mol. The molecule has 0 radical (unpaired) electrons. The zero-order valence-electron chi connectivity index (χ0n) is 26.5. The van der Waals surface area contributed by atoms with Crippen LogP contribution in [0.5, 0.6) is 5.75 Å². The van der Waals surface area contributed by atoms with Gasteiger partial charge in [-0.2, -0.15) is 5.10 Å². The fourth-order valence-corrected chi connectivity index (χ4v) is 7.04. The van der Waals surface area contributed by atoms with Gasteiger partial charge in [-0.1, -0.05) is 36.7 Å². The van der Waals surface area contributed by atoms with E-state index in [-0.39, 0.29) is 18.4 Å². The molecule has 2 aromatic heterocycles. The van der Waals surface area contributed by atoms with Crippen LogP contribution in [0.3, 0.4) is 0 Å². The lowest BCUT2D eigenvalue weighted by molar-refractivity contribution is 0.0512. The normalized spacial score (nSPS) is 13.6. The van der Waals surface area contributed by atoms with Crippen LogP contribution in [0.4, 0.5) is 10.2 Å². The van der Waals surface area contributed by atoms with Gasteiger partial charge in [0.2, 0.25) is 0 Å². The van der Waals surface area contributed by atoms with Crippen molar-refractivity contribution in [2.75, 3.05) is 31.7 Å². The van der Waals surface area contributed by atoms with E-state index in [2.05, 4.69) is 23.4 Å². The molecule has 3 heterocycles. The number of hydrogen-bond acceptors (Lipinski definition) is 5. The molecule has 0 fully saturated rings. The molecule has 0 saturated heterocycles. The maximum absolute atomic E-state index is 13.8. The Hall–Kier alpha value is -4.04. The van der Waals surface area contributed by atoms with Gasteiger partial charge in [0.05, 0.1) is 29.3 Å². The van der Waals surface area contributed by atoms with Gasteiger partial charge in [0.1, 0.15) is 17.3 Å². The van der Waals surface area contributed by atoms with Crippen molar-refractivity contribution in [1.29, 1.82) is 0 Å². The summed E-state index contributed by atoms with van der Waals surface area (Å²) in [6, 6.07) is 14.4. The van der Waals surface area contributed by atoms with Crippen LogP contribution in [0, 0.1) is 5.82 Å². The van der Waals surface area contributed by atoms with Gasteiger partial charge in [-0.3, -0.25) is 4.68 Å². The van der Waals surface area contributed by atoms with Crippen LogP contribution >= 0.6 is 11.6 Å². The molecule has 9 heteroatoms. The first-order valence-corrected chi connectivity index (χ1v) is 16.3. The number of benzene rings is 3. The number of rotatable bonds is 8. The highest BCUT2D eigenvalue weighted by atomic mass is 35.5. The molecule has 6 rings (SSSR count). The Kier molecular flexibility index (Phi) is 9.04. The van der Waals surface area contributed by atoms with Gasteiger partial charge < -0.3 is 18.9 Å². The van der Waals surface area contributed by atoms with Gasteiger partial charge >= 0.3 is 5.97 Å². The Labute approximate surface area is 268 Å². The molecular weight excluding hydrogens is 591 g/mol. The zero-order chi connectivity index (χ0) is 31.7. The van der Waals surface area contributed by atoms with Crippen LogP contribution in [0.2, 0.25) is 5.02 Å². The maximum atomic E-state index is 13.8. The summed E-state index contributed by atoms with van der Waals surface area (Å²) in [5, 5.41) is 8.26. The number of hydrogen-bond donors (Lipinski definition) is 0. The minimum Gasteiger partial charge on any atom is -0.493 e. The van der Waals surface area contributed by atoms with Crippen molar-refractivity contribution in [3.8, 4) is 16.9 Å². The van der Waals surface area contributed by atoms with Crippen LogP contribution in [0.15, 0.2) is 48.5 Å². The third-order valence-corrected chi connectivity index (χ3v) is 9.16. The second kappa shape index (κ2) is 13.1. The van der Waals surface area contributed by atoms with Gasteiger partial charge in [0.25, 0.3) is 0 Å². The SMILES string of the molecule is CCOC(=O)c1c(CCCOc2cccc3cc(F)ccc23)c2ccc(Cl)c3c2n1CCCCCN(C)c1nn(C)c(CC)c1-3. The average Bonchev–Trinajstić information content (AvgIpc) is 3.51. The molecule has 0 bridgehead atoms. The number of carbonyl (C=O) groups excluding carboxylic acids is 1. The third-order valence-electron chi connectivity index (χ3n) is 8.85. The molecule has 236 valence electrons. The molecule has 45 heavy (non-hydrogen) atoms. The summed E-state index contributed by atoms with van der Waals surface area (Å²) in [5.74, 6) is 1.02. The quantitative estimate of drug-likeness (QED) is 0.127. The van der Waals surface area contributed by atoms with E-state index < -0.39 is 0 Å². The molecule has 0 spiro atoms. The Morgan fingerprint density at radius 1 is 1.00 bits per heavy atom. The highest BCUT2D eigenvalue weighted by Gasteiger charge is 2.30. The van der Waals surface area contributed by atoms with Crippen LogP contribution < -0.4 is 9.64 Å². The van der Waals surface area contributed by atoms with E-state index in [1.54, 1.807) is 6.07 Å². The van der Waals surface area contributed by atoms with E-state index in [0.717, 1.165) is 82.1 Å². The Morgan fingerprint density at radius 2 is 1.80 bits per heavy atom. The number of fused-ring (bicyclic) bond motifs is 3. The molecule has 0 atom stereocenters. The van der Waals surface area contributed by atoms with E-state index in [4.69, 9.17) is 26.2 Å². The number of aryl methyl sites for hydroxylation is 3. The topological polar surface area (TPSA) is 61.5 Å². The molecule has 0 aliphatic carbocycles. The summed E-state index contributed by atoms with van der Waals surface area (Å²) < 4.78 is 29.8. The first-order valence-electron chi connectivity index (χ1n) is 15.9. The molecule has 0 unspecified atom stereocenters. The molecule has 5 aromatic rings. The van der Waals surface area contributed by atoms with Crippen LogP contribution in [-0.2, 0) is 31.2 Å². The summed E-state index contributed by atoms with van der Waals surface area (Å²) in [7, 11) is 4.08. The highest BCUT2D eigenvalue weighted by molar-refractivity contribution is 6.35. The van der Waals surface area contributed by atoms with E-state index in [0.29, 0.717) is 42.5 Å². The molecule has 0 saturated carbocycles. The van der Waals surface area contributed by atoms with Gasteiger partial charge in [-0.15, -0.1) is 0 Å². The predicted octanol–water partition coefficient (Wildman–Crippen LogP) is 8.36. The Balaban J connectivity index is 1.46. The van der Waals surface area contributed by atoms with Crippen molar-refractivity contribution in [1.82, 2.24) is 14.3 Å². The number of aromatic nitrogens is 3. The van der Waals surface area contributed by atoms with Crippen molar-refractivity contribution in [2.45, 2.75) is 58.9 Å². The zero-order valence-corrected chi connectivity index (χ0v) is 27.2. The molecule has 1 aliphatic rings. The number of nitrogens with zero attached hydrogens (tertiary/aromatic N) is 4. The smallest absolute Gasteiger partial charge is 0.355 e. The largest absolute Gasteiger partial charge is 0.493 e. The van der Waals surface area contributed by atoms with Crippen LogP contribution in [0.25, 0.3) is 32.8 Å². The number of anilines is 1. The number of halogens is 2. The van der Waals surface area contributed by atoms with Gasteiger partial charge in [0, 0.05) is 49.2 Å². The number of ether oxygens (including phenoxy) is 2. The van der Waals surface area contributed by atoms with E-state index in [1.165, 1.54) is 12.1 Å². The molecular formula is C36H40ClFN4O3. The van der Waals surface area contributed by atoms with Crippen LogP contribution in [0.1, 0.15) is 61.3 Å². The second-order valence-electron chi connectivity index (χ2n) is 11.7. The van der Waals surface area contributed by atoms with Gasteiger partial charge in [-0.25, -0.2) is 9.18 Å². The van der Waals surface area contributed by atoms with Crippen molar-refractivity contribution in [3.63, 3.8) is 0 Å². The molecule has 7 nitrogen and oxygen atoms in total. The van der Waals surface area contributed by atoms with Crippen molar-refractivity contribution in [2.24, 2.45) is 7.05 Å². The average molecular weight is 631 g/mol. The van der Waals surface area contributed by atoms with E-state index in [1.807, 2.05) is 49.0 Å². The lowest BCUT2D eigenvalue weighted by Gasteiger charge is -2.19. The minimum atomic E-state index is -0.322. The summed E-state index contributed by atoms with van der Waals surface area (Å²) in [6.45, 7) is 6.26. The summed E-state index contributed by atoms with van der Waals surface area (Å²) in [5.41, 5.74) is 5.53. The molecule has 3 aromatic carbocycles. The summed E-state index contributed by atoms with van der Waals surface area (Å²) >= 11 is 7.11. The lowest BCUT2D eigenvalue weighted by atomic mass is 9.98. The fraction of sp³-hybridized carbons (Fsp3) is 0.389. The number of esters is 1. The molecule has 1 aliphatic heterocycles. The second-order valence-corrected chi connectivity index (χ2v) is 12.1. The van der Waals surface area contributed by atoms with Crippen molar-refractivity contribution >= 4 is 45.1 Å². The molecule has 0 amide bonds. The van der Waals surface area contributed by atoms with E-state index in [9.17, 15) is 9.18 Å². The minimum absolute atomic E-state index is 0.274. The van der Waals surface area contributed by atoms with Crippen molar-refractivity contribution in [3.05, 3.63) is 76.3 Å². The van der Waals surface area contributed by atoms with Crippen molar-refractivity contribution < 1.29 is 18.7 Å². The number of carbonyl (C=O) groups is 1. The van der Waals surface area contributed by atoms with Gasteiger partial charge in [0.15, 0.2) is 5.82 Å². The summed E-state index contributed by atoms with van der Waals surface area (Å²) in [6.07, 6.45) is 5.02. The monoisotopic (exact) mass is 630 g/mol. The van der Waals surface area contributed by atoms with E-state index >= 15 is 0 Å². The maximum Gasteiger partial charge on any atom is 0.355 e. The fourth-order valence-electron chi connectivity index (χ4n) is 6.80. The van der Waals surface area contributed by atoms with Crippen LogP contribution in [-0.4, -0.2) is 47.1 Å². The Bertz CT molecular complexity index is 1880. The summed E-state index contributed by atoms with van der Waals surface area (Å²) in [4.78, 5) is 16.0. The Morgan fingerprint density at radius 3 is 2.60 bits per heavy atom. The lowest BCUT2D eigenvalue weighted by Crippen LogP contribution is -2.20. The first-order chi connectivity index (χ1) is 21.8. The highest BCUT2D eigenvalue weighted by Crippen LogP contribution is 2.45. The standard InChI is InChI=1S/C36H40ClFN4O3/c1-5-29-32-31-28(37)18-17-27-26(13-11-21-45-30-14-10-12-23-22-24(38)15-16-25(23)30)34(36(43)44-6-2)42(33(27)31)20-9-7-8-19-40(3)35(32)39-41(29)4/h10,12,14-18,22H,5-9,11,13,19-21H2,1-4H3. The molecule has 0 N–H and O–H groups in total.